The molecule has 0 spiro atoms. The molecule has 0 aliphatic carbocycles. The predicted octanol–water partition coefficient (Wildman–Crippen LogP) is 1.53. The molecule has 1 rings (SSSR count). The third-order valence-electron chi connectivity index (χ3n) is 3.26. The van der Waals surface area contributed by atoms with Gasteiger partial charge in [0.05, 0.1) is 12.6 Å². The number of carboxylic acid groups (broad SMARTS) is 1. The fourth-order valence-electron chi connectivity index (χ4n) is 2.26. The number of esters is 1. The van der Waals surface area contributed by atoms with Gasteiger partial charge < -0.3 is 9.84 Å². The SMILES string of the molecule is CCOC(=O)CC(=O)C1CCN(C(=O)O)C(C(F)F)C1. The van der Waals surface area contributed by atoms with Crippen molar-refractivity contribution in [2.75, 3.05) is 13.2 Å². The van der Waals surface area contributed by atoms with Crippen LogP contribution in [0.2, 0.25) is 0 Å². The Bertz CT molecular complexity index is 388. The van der Waals surface area contributed by atoms with Gasteiger partial charge in [-0.1, -0.05) is 0 Å². The largest absolute Gasteiger partial charge is 0.466 e. The highest BCUT2D eigenvalue weighted by Gasteiger charge is 2.39. The summed E-state index contributed by atoms with van der Waals surface area (Å²) in [5.41, 5.74) is 0. The number of hydrogen-bond donors (Lipinski definition) is 1. The molecule has 8 heteroatoms. The topological polar surface area (TPSA) is 83.9 Å². The molecular weight excluding hydrogens is 276 g/mol. The first-order chi connectivity index (χ1) is 9.36. The summed E-state index contributed by atoms with van der Waals surface area (Å²) in [4.78, 5) is 34.5. The number of ketones is 1. The van der Waals surface area contributed by atoms with E-state index in [9.17, 15) is 23.2 Å². The number of piperidine rings is 1. The summed E-state index contributed by atoms with van der Waals surface area (Å²) in [6, 6.07) is -1.50. The van der Waals surface area contributed by atoms with Gasteiger partial charge in [-0.05, 0) is 19.8 Å². The number of alkyl halides is 2. The van der Waals surface area contributed by atoms with Crippen LogP contribution >= 0.6 is 0 Å². The predicted molar refractivity (Wildman–Crippen MR) is 63.5 cm³/mol. The van der Waals surface area contributed by atoms with Crippen molar-refractivity contribution >= 4 is 17.8 Å². The summed E-state index contributed by atoms with van der Waals surface area (Å²) in [6.07, 6.45) is -4.85. The first-order valence-electron chi connectivity index (χ1n) is 6.32. The number of amides is 1. The van der Waals surface area contributed by atoms with Gasteiger partial charge in [-0.15, -0.1) is 0 Å². The third kappa shape index (κ3) is 4.14. The Labute approximate surface area is 114 Å². The fourth-order valence-corrected chi connectivity index (χ4v) is 2.26. The van der Waals surface area contributed by atoms with E-state index in [1.165, 1.54) is 0 Å². The van der Waals surface area contributed by atoms with E-state index in [4.69, 9.17) is 5.11 Å². The van der Waals surface area contributed by atoms with Gasteiger partial charge in [-0.3, -0.25) is 14.5 Å². The monoisotopic (exact) mass is 293 g/mol. The quantitative estimate of drug-likeness (QED) is 0.614. The van der Waals surface area contributed by atoms with Crippen molar-refractivity contribution in [1.29, 1.82) is 0 Å². The zero-order valence-electron chi connectivity index (χ0n) is 11.1. The molecule has 1 amide bonds. The average molecular weight is 293 g/mol. The Hall–Kier alpha value is -1.73. The third-order valence-corrected chi connectivity index (χ3v) is 3.26. The fraction of sp³-hybridized carbons (Fsp3) is 0.750. The van der Waals surface area contributed by atoms with E-state index < -0.39 is 42.7 Å². The molecule has 1 aliphatic rings. The van der Waals surface area contributed by atoms with E-state index in [0.29, 0.717) is 4.90 Å². The van der Waals surface area contributed by atoms with Crippen LogP contribution < -0.4 is 0 Å². The molecule has 2 atom stereocenters. The molecule has 2 unspecified atom stereocenters. The Morgan fingerprint density at radius 3 is 2.55 bits per heavy atom. The van der Waals surface area contributed by atoms with E-state index >= 15 is 0 Å². The number of rotatable bonds is 5. The van der Waals surface area contributed by atoms with E-state index in [0.717, 1.165) is 0 Å². The van der Waals surface area contributed by atoms with E-state index in [-0.39, 0.29) is 26.0 Å². The molecule has 1 fully saturated rings. The summed E-state index contributed by atoms with van der Waals surface area (Å²) < 4.78 is 30.3. The van der Waals surface area contributed by atoms with Crippen LogP contribution in [0.25, 0.3) is 0 Å². The van der Waals surface area contributed by atoms with Gasteiger partial charge in [-0.25, -0.2) is 13.6 Å². The molecule has 6 nitrogen and oxygen atoms in total. The van der Waals surface area contributed by atoms with E-state index in [1.54, 1.807) is 6.92 Å². The standard InChI is InChI=1S/C12H17F2NO5/c1-2-20-10(17)6-9(16)7-3-4-15(12(18)19)8(5-7)11(13)14/h7-8,11H,2-6H2,1H3,(H,18,19). The van der Waals surface area contributed by atoms with Crippen molar-refractivity contribution in [3.8, 4) is 0 Å². The molecule has 1 N–H and O–H groups in total. The molecule has 1 aliphatic heterocycles. The maximum Gasteiger partial charge on any atom is 0.407 e. The second kappa shape index (κ2) is 7.16. The van der Waals surface area contributed by atoms with Gasteiger partial charge in [-0.2, -0.15) is 0 Å². The van der Waals surface area contributed by atoms with Crippen molar-refractivity contribution in [2.24, 2.45) is 5.92 Å². The van der Waals surface area contributed by atoms with E-state index in [2.05, 4.69) is 4.74 Å². The lowest BCUT2D eigenvalue weighted by Gasteiger charge is -2.36. The zero-order valence-corrected chi connectivity index (χ0v) is 11.1. The second-order valence-electron chi connectivity index (χ2n) is 4.55. The minimum atomic E-state index is -2.86. The number of likely N-dealkylation sites (tertiary alicyclic amines) is 1. The van der Waals surface area contributed by atoms with Gasteiger partial charge in [0.25, 0.3) is 6.43 Å². The van der Waals surface area contributed by atoms with Crippen LogP contribution in [0, 0.1) is 5.92 Å². The lowest BCUT2D eigenvalue weighted by molar-refractivity contribution is -0.147. The Morgan fingerprint density at radius 2 is 2.05 bits per heavy atom. The van der Waals surface area contributed by atoms with Crippen LogP contribution in [0.5, 0.6) is 0 Å². The van der Waals surface area contributed by atoms with Crippen LogP contribution in [-0.4, -0.2) is 53.5 Å². The Morgan fingerprint density at radius 1 is 1.40 bits per heavy atom. The van der Waals surface area contributed by atoms with Crippen LogP contribution in [0.15, 0.2) is 0 Å². The normalized spacial score (nSPS) is 22.7. The highest BCUT2D eigenvalue weighted by Crippen LogP contribution is 2.28. The number of Topliss-reactive ketones (excluding diaryl/α,β-unsaturated/α-hetero) is 1. The van der Waals surface area contributed by atoms with Gasteiger partial charge in [0.2, 0.25) is 0 Å². The molecular formula is C12H17F2NO5. The summed E-state index contributed by atoms with van der Waals surface area (Å²) in [6.45, 7) is 1.60. The van der Waals surface area contributed by atoms with Crippen molar-refractivity contribution in [3.63, 3.8) is 0 Å². The average Bonchev–Trinajstić information content (AvgIpc) is 2.37. The number of carbonyl (C=O) groups is 3. The zero-order chi connectivity index (χ0) is 15.3. The van der Waals surface area contributed by atoms with Gasteiger partial charge >= 0.3 is 12.1 Å². The number of halogens is 2. The molecule has 0 bridgehead atoms. The lowest BCUT2D eigenvalue weighted by Crippen LogP contribution is -2.50. The Kier molecular flexibility index (Phi) is 5.84. The van der Waals surface area contributed by atoms with Crippen LogP contribution in [0.1, 0.15) is 26.2 Å². The molecule has 1 saturated heterocycles. The highest BCUT2D eigenvalue weighted by molar-refractivity contribution is 5.96. The maximum atomic E-state index is 12.8. The van der Waals surface area contributed by atoms with Crippen molar-refractivity contribution in [2.45, 2.75) is 38.7 Å². The molecule has 0 aromatic rings. The number of hydrogen-bond acceptors (Lipinski definition) is 4. The lowest BCUT2D eigenvalue weighted by atomic mass is 9.86. The van der Waals surface area contributed by atoms with Crippen molar-refractivity contribution in [1.82, 2.24) is 4.90 Å². The molecule has 0 saturated carbocycles. The van der Waals surface area contributed by atoms with E-state index in [1.807, 2.05) is 0 Å². The number of nitrogens with zero attached hydrogens (tertiary/aromatic N) is 1. The van der Waals surface area contributed by atoms with Crippen LogP contribution in [0.3, 0.4) is 0 Å². The smallest absolute Gasteiger partial charge is 0.407 e. The summed E-state index contributed by atoms with van der Waals surface area (Å²) in [5, 5.41) is 8.83. The maximum absolute atomic E-state index is 12.8. The molecule has 1 heterocycles. The number of ether oxygens (including phenoxy) is 1. The minimum absolute atomic E-state index is 0.135. The summed E-state index contributed by atoms with van der Waals surface area (Å²) in [7, 11) is 0. The number of carbonyl (C=O) groups excluding carboxylic acids is 2. The minimum Gasteiger partial charge on any atom is -0.466 e. The molecule has 0 radical (unpaired) electrons. The molecule has 0 aromatic heterocycles. The van der Waals surface area contributed by atoms with Gasteiger partial charge in [0.1, 0.15) is 12.2 Å². The molecule has 0 aromatic carbocycles. The second-order valence-corrected chi connectivity index (χ2v) is 4.55. The summed E-state index contributed by atoms with van der Waals surface area (Å²) >= 11 is 0. The van der Waals surface area contributed by atoms with Gasteiger partial charge in [0.15, 0.2) is 0 Å². The Balaban J connectivity index is 2.64. The van der Waals surface area contributed by atoms with Crippen molar-refractivity contribution in [3.05, 3.63) is 0 Å². The first kappa shape index (κ1) is 16.3. The summed E-state index contributed by atoms with van der Waals surface area (Å²) in [5.74, 6) is -1.89. The van der Waals surface area contributed by atoms with Crippen LogP contribution in [-0.2, 0) is 14.3 Å². The highest BCUT2D eigenvalue weighted by atomic mass is 19.3. The molecule has 114 valence electrons. The van der Waals surface area contributed by atoms with Gasteiger partial charge in [0, 0.05) is 12.5 Å². The van der Waals surface area contributed by atoms with Crippen molar-refractivity contribution < 1.29 is 33.0 Å². The first-order valence-corrected chi connectivity index (χ1v) is 6.32. The van der Waals surface area contributed by atoms with Crippen LogP contribution in [0.4, 0.5) is 13.6 Å². The molecule has 20 heavy (non-hydrogen) atoms.